The lowest BCUT2D eigenvalue weighted by molar-refractivity contribution is -0.127. The minimum atomic E-state index is -0.357. The van der Waals surface area contributed by atoms with Crippen LogP contribution in [0.5, 0.6) is 5.75 Å². The average Bonchev–Trinajstić information content (AvgIpc) is 3.63. The highest BCUT2D eigenvalue weighted by Crippen LogP contribution is 2.41. The third-order valence-corrected chi connectivity index (χ3v) is 6.11. The lowest BCUT2D eigenvalue weighted by Crippen LogP contribution is -2.44. The van der Waals surface area contributed by atoms with E-state index in [4.69, 9.17) is 4.74 Å². The van der Waals surface area contributed by atoms with Gasteiger partial charge in [-0.15, -0.1) is 0 Å². The largest absolute Gasteiger partial charge is 0.497 e. The summed E-state index contributed by atoms with van der Waals surface area (Å²) in [7, 11) is 1.64. The Balaban J connectivity index is 1.34. The van der Waals surface area contributed by atoms with Crippen molar-refractivity contribution in [2.75, 3.05) is 20.2 Å². The average molecular weight is 410 g/mol. The van der Waals surface area contributed by atoms with E-state index < -0.39 is 0 Å². The molecule has 1 heterocycles. The van der Waals surface area contributed by atoms with Crippen LogP contribution in [0.3, 0.4) is 0 Å². The first kappa shape index (κ1) is 20.4. The van der Waals surface area contributed by atoms with Gasteiger partial charge in [0.25, 0.3) is 5.91 Å². The Labute approximate surface area is 176 Å². The Morgan fingerprint density at radius 2 is 1.63 bits per heavy atom. The van der Waals surface area contributed by atoms with Gasteiger partial charge in [-0.25, -0.2) is 4.39 Å². The first-order valence-electron chi connectivity index (χ1n) is 10.5. The summed E-state index contributed by atoms with van der Waals surface area (Å²) >= 11 is 0. The molecule has 4 rings (SSSR count). The molecule has 158 valence electrons. The van der Waals surface area contributed by atoms with Gasteiger partial charge in [-0.05, 0) is 73.6 Å². The fourth-order valence-electron chi connectivity index (χ4n) is 4.11. The molecular weight excluding hydrogens is 383 g/mol. The van der Waals surface area contributed by atoms with Gasteiger partial charge < -0.3 is 15.0 Å². The highest BCUT2D eigenvalue weighted by Gasteiger charge is 2.35. The molecule has 6 heteroatoms. The van der Waals surface area contributed by atoms with Crippen LogP contribution in [0.25, 0.3) is 0 Å². The van der Waals surface area contributed by atoms with Gasteiger partial charge in [0.2, 0.25) is 5.91 Å². The summed E-state index contributed by atoms with van der Waals surface area (Å²) in [6.45, 7) is 1.07. The number of ether oxygens (including phenoxy) is 1. The predicted molar refractivity (Wildman–Crippen MR) is 112 cm³/mol. The van der Waals surface area contributed by atoms with Crippen molar-refractivity contribution >= 4 is 11.8 Å². The zero-order chi connectivity index (χ0) is 21.1. The minimum Gasteiger partial charge on any atom is -0.497 e. The van der Waals surface area contributed by atoms with Gasteiger partial charge in [0.15, 0.2) is 0 Å². The van der Waals surface area contributed by atoms with Crippen LogP contribution in [0.2, 0.25) is 0 Å². The molecule has 2 aliphatic rings. The predicted octanol–water partition coefficient (Wildman–Crippen LogP) is 3.95. The maximum absolute atomic E-state index is 13.1. The fourth-order valence-corrected chi connectivity index (χ4v) is 4.11. The van der Waals surface area contributed by atoms with Gasteiger partial charge in [-0.3, -0.25) is 9.59 Å². The summed E-state index contributed by atoms with van der Waals surface area (Å²) in [5.41, 5.74) is 1.59. The second-order valence-corrected chi connectivity index (χ2v) is 8.17. The van der Waals surface area contributed by atoms with Crippen LogP contribution in [0.4, 0.5) is 4.39 Å². The van der Waals surface area contributed by atoms with Crippen molar-refractivity contribution < 1.29 is 18.7 Å². The summed E-state index contributed by atoms with van der Waals surface area (Å²) in [6.07, 6.45) is 3.53. The number of rotatable bonds is 6. The van der Waals surface area contributed by atoms with Crippen LogP contribution in [0.15, 0.2) is 48.5 Å². The molecule has 1 saturated heterocycles. The second kappa shape index (κ2) is 8.86. The van der Waals surface area contributed by atoms with E-state index in [-0.39, 0.29) is 29.6 Å². The molecule has 2 aromatic carbocycles. The van der Waals surface area contributed by atoms with Crippen LogP contribution >= 0.6 is 0 Å². The van der Waals surface area contributed by atoms with E-state index in [1.165, 1.54) is 24.3 Å². The molecule has 0 radical (unpaired) electrons. The Morgan fingerprint density at radius 3 is 2.20 bits per heavy atom. The van der Waals surface area contributed by atoms with Crippen molar-refractivity contribution in [2.24, 2.45) is 11.8 Å². The molecule has 0 unspecified atom stereocenters. The van der Waals surface area contributed by atoms with Gasteiger partial charge >= 0.3 is 0 Å². The van der Waals surface area contributed by atoms with Crippen molar-refractivity contribution in [1.29, 1.82) is 0 Å². The van der Waals surface area contributed by atoms with E-state index in [2.05, 4.69) is 5.32 Å². The zero-order valence-corrected chi connectivity index (χ0v) is 17.1. The summed E-state index contributed by atoms with van der Waals surface area (Å²) in [5.74, 6) is 0.797. The number of benzene rings is 2. The van der Waals surface area contributed by atoms with Crippen molar-refractivity contribution in [3.63, 3.8) is 0 Å². The summed E-state index contributed by atoms with van der Waals surface area (Å²) in [5, 5.41) is 3.26. The normalized spacial score (nSPS) is 18.0. The summed E-state index contributed by atoms with van der Waals surface area (Å²) in [4.78, 5) is 27.3. The van der Waals surface area contributed by atoms with Crippen LogP contribution < -0.4 is 10.1 Å². The number of carbonyl (C=O) groups excluding carboxylic acids is 2. The molecule has 0 bridgehead atoms. The topological polar surface area (TPSA) is 58.6 Å². The third kappa shape index (κ3) is 4.64. The van der Waals surface area contributed by atoms with Gasteiger partial charge in [0, 0.05) is 24.6 Å². The third-order valence-electron chi connectivity index (χ3n) is 6.11. The number of hydrogen-bond donors (Lipinski definition) is 1. The van der Waals surface area contributed by atoms with Crippen LogP contribution in [-0.4, -0.2) is 36.9 Å². The molecule has 1 aliphatic carbocycles. The Bertz CT molecular complexity index is 886. The monoisotopic (exact) mass is 410 g/mol. The molecule has 0 spiro atoms. The van der Waals surface area contributed by atoms with Gasteiger partial charge in [0.05, 0.1) is 13.2 Å². The fraction of sp³-hybridized carbons (Fsp3) is 0.417. The number of carbonyl (C=O) groups is 2. The Morgan fingerprint density at radius 1 is 1.00 bits per heavy atom. The minimum absolute atomic E-state index is 0.0299. The SMILES string of the molecule is COc1ccc([C@@H](NC(=O)C2CCN(C(=O)c3ccc(F)cc3)CC2)C2CC2)cc1. The number of likely N-dealkylation sites (tertiary alicyclic amines) is 1. The second-order valence-electron chi connectivity index (χ2n) is 8.17. The van der Waals surface area contributed by atoms with Crippen molar-refractivity contribution in [3.05, 3.63) is 65.5 Å². The maximum atomic E-state index is 13.1. The zero-order valence-electron chi connectivity index (χ0n) is 17.1. The lowest BCUT2D eigenvalue weighted by atomic mass is 9.94. The number of nitrogens with zero attached hydrogens (tertiary/aromatic N) is 1. The summed E-state index contributed by atoms with van der Waals surface area (Å²) in [6, 6.07) is 13.5. The van der Waals surface area contributed by atoms with Crippen molar-refractivity contribution in [3.8, 4) is 5.75 Å². The molecular formula is C24H27FN2O3. The van der Waals surface area contributed by atoms with E-state index in [0.29, 0.717) is 37.4 Å². The maximum Gasteiger partial charge on any atom is 0.253 e. The standard InChI is InChI=1S/C24H27FN2O3/c1-30-21-10-6-17(7-11-21)22(16-2-3-16)26-23(28)18-12-14-27(15-13-18)24(29)19-4-8-20(25)9-5-19/h4-11,16,18,22H,2-3,12-15H2,1H3,(H,26,28)/t22-/m0/s1. The first-order chi connectivity index (χ1) is 14.5. The van der Waals surface area contributed by atoms with Crippen LogP contribution in [0.1, 0.15) is 47.6 Å². The molecule has 0 aromatic heterocycles. The van der Waals surface area contributed by atoms with Crippen molar-refractivity contribution in [1.82, 2.24) is 10.2 Å². The van der Waals surface area contributed by atoms with E-state index in [1.54, 1.807) is 12.0 Å². The lowest BCUT2D eigenvalue weighted by Gasteiger charge is -2.32. The van der Waals surface area contributed by atoms with Crippen LogP contribution in [-0.2, 0) is 4.79 Å². The van der Waals surface area contributed by atoms with Gasteiger partial charge in [-0.2, -0.15) is 0 Å². The first-order valence-corrected chi connectivity index (χ1v) is 10.5. The molecule has 1 saturated carbocycles. The molecule has 30 heavy (non-hydrogen) atoms. The molecule has 1 aliphatic heterocycles. The van der Waals surface area contributed by atoms with E-state index in [1.807, 2.05) is 24.3 Å². The molecule has 2 aromatic rings. The van der Waals surface area contributed by atoms with Crippen LogP contribution in [0, 0.1) is 17.7 Å². The summed E-state index contributed by atoms with van der Waals surface area (Å²) < 4.78 is 18.3. The van der Waals surface area contributed by atoms with Gasteiger partial charge in [-0.1, -0.05) is 12.1 Å². The number of halogens is 1. The Kier molecular flexibility index (Phi) is 6.02. The number of hydrogen-bond acceptors (Lipinski definition) is 3. The molecule has 1 N–H and O–H groups in total. The molecule has 1 atom stereocenters. The number of piperidine rings is 1. The smallest absolute Gasteiger partial charge is 0.253 e. The quantitative estimate of drug-likeness (QED) is 0.784. The number of methoxy groups -OCH3 is 1. The van der Waals surface area contributed by atoms with Gasteiger partial charge in [0.1, 0.15) is 11.6 Å². The highest BCUT2D eigenvalue weighted by atomic mass is 19.1. The van der Waals surface area contributed by atoms with Crippen molar-refractivity contribution in [2.45, 2.75) is 31.7 Å². The molecule has 5 nitrogen and oxygen atoms in total. The van der Waals surface area contributed by atoms with E-state index in [0.717, 1.165) is 24.2 Å². The van der Waals surface area contributed by atoms with E-state index in [9.17, 15) is 14.0 Å². The molecule has 2 fully saturated rings. The number of amides is 2. The molecule has 2 amide bonds. The Hall–Kier alpha value is -2.89. The highest BCUT2D eigenvalue weighted by molar-refractivity contribution is 5.94. The van der Waals surface area contributed by atoms with E-state index >= 15 is 0 Å². The number of nitrogens with one attached hydrogen (secondary N) is 1.